The first kappa shape index (κ1) is 25.8. The number of rotatable bonds is 11. The first-order chi connectivity index (χ1) is 16.1. The third-order valence-electron chi connectivity index (χ3n) is 5.62. The predicted molar refractivity (Wildman–Crippen MR) is 129 cm³/mol. The zero-order valence-electron chi connectivity index (χ0n) is 19.5. The number of para-hydroxylation sites is 1. The summed E-state index contributed by atoms with van der Waals surface area (Å²) in [6, 6.07) is 15.7. The van der Waals surface area contributed by atoms with Crippen LogP contribution < -0.4 is 0 Å². The highest BCUT2D eigenvalue weighted by atomic mass is 31.2. The quantitative estimate of drug-likeness (QED) is 0.364. The molecule has 7 nitrogen and oxygen atoms in total. The Balaban J connectivity index is 2.05. The van der Waals surface area contributed by atoms with E-state index >= 15 is 0 Å². The molecule has 2 aromatic carbocycles. The van der Waals surface area contributed by atoms with Gasteiger partial charge in [-0.25, -0.2) is 9.07 Å². The standard InChI is InChI=1S/C25H30FN2O5P/c1-17(2)25-22(13-14-34(32,33-3)16-21(29)15-23(30)31)24(18-9-11-19(26)12-10-18)27-28(25)20-7-5-4-6-8-20/h4-12,17,21,29H,13-16H2,1-3H3,(H,30,31)/t21-,34?/m0/s1. The number of aliphatic hydroxyl groups is 1. The fraction of sp³-hybridized carbons (Fsp3) is 0.360. The highest BCUT2D eigenvalue weighted by Crippen LogP contribution is 2.48. The monoisotopic (exact) mass is 488 g/mol. The normalized spacial score (nSPS) is 14.2. The number of carboxylic acids is 1. The molecule has 0 aliphatic carbocycles. The van der Waals surface area contributed by atoms with Crippen LogP contribution in [0.2, 0.25) is 0 Å². The average molecular weight is 488 g/mol. The summed E-state index contributed by atoms with van der Waals surface area (Å²) in [4.78, 5) is 10.9. The molecule has 2 N–H and O–H groups in total. The lowest BCUT2D eigenvalue weighted by Crippen LogP contribution is -2.19. The van der Waals surface area contributed by atoms with Crippen molar-refractivity contribution in [1.29, 1.82) is 0 Å². The summed E-state index contributed by atoms with van der Waals surface area (Å²) in [5.74, 6) is -1.45. The molecule has 34 heavy (non-hydrogen) atoms. The SMILES string of the molecule is COP(=O)(CCc1c(-c2ccc(F)cc2)nn(-c2ccccc2)c1C(C)C)C[C@@H](O)CC(=O)O. The van der Waals surface area contributed by atoms with E-state index in [9.17, 15) is 18.9 Å². The molecule has 9 heteroatoms. The van der Waals surface area contributed by atoms with Gasteiger partial charge in [-0.05, 0) is 48.7 Å². The Kier molecular flexibility index (Phi) is 8.42. The van der Waals surface area contributed by atoms with Gasteiger partial charge in [0.25, 0.3) is 0 Å². The third kappa shape index (κ3) is 6.20. The summed E-state index contributed by atoms with van der Waals surface area (Å²) in [5.41, 5.74) is 4.04. The van der Waals surface area contributed by atoms with Crippen LogP contribution in [0, 0.1) is 5.82 Å². The van der Waals surface area contributed by atoms with E-state index in [1.165, 1.54) is 19.2 Å². The number of carbonyl (C=O) groups is 1. The van der Waals surface area contributed by atoms with Crippen LogP contribution in [-0.2, 0) is 20.3 Å². The lowest BCUT2D eigenvalue weighted by molar-refractivity contribution is -0.138. The molecule has 182 valence electrons. The van der Waals surface area contributed by atoms with E-state index < -0.39 is 25.9 Å². The van der Waals surface area contributed by atoms with Gasteiger partial charge in [-0.3, -0.25) is 9.36 Å². The smallest absolute Gasteiger partial charge is 0.305 e. The van der Waals surface area contributed by atoms with Gasteiger partial charge in [0, 0.05) is 24.4 Å². The lowest BCUT2D eigenvalue weighted by Gasteiger charge is -2.20. The maximum Gasteiger partial charge on any atom is 0.305 e. The molecule has 0 fully saturated rings. The van der Waals surface area contributed by atoms with E-state index in [1.54, 1.807) is 12.1 Å². The van der Waals surface area contributed by atoms with Gasteiger partial charge in [0.05, 0.1) is 35.8 Å². The van der Waals surface area contributed by atoms with Gasteiger partial charge < -0.3 is 14.7 Å². The number of nitrogens with zero attached hydrogens (tertiary/aromatic N) is 2. The van der Waals surface area contributed by atoms with Gasteiger partial charge in [-0.1, -0.05) is 32.0 Å². The van der Waals surface area contributed by atoms with E-state index in [1.807, 2.05) is 48.9 Å². The summed E-state index contributed by atoms with van der Waals surface area (Å²) < 4.78 is 34.1. The number of benzene rings is 2. The van der Waals surface area contributed by atoms with Crippen molar-refractivity contribution < 1.29 is 28.5 Å². The van der Waals surface area contributed by atoms with Crippen LogP contribution in [0.1, 0.15) is 37.4 Å². The zero-order chi connectivity index (χ0) is 24.9. The Morgan fingerprint density at radius 3 is 2.35 bits per heavy atom. The summed E-state index contributed by atoms with van der Waals surface area (Å²) in [7, 11) is -2.01. The molecular weight excluding hydrogens is 458 g/mol. The molecule has 0 saturated carbocycles. The summed E-state index contributed by atoms with van der Waals surface area (Å²) in [6.45, 7) is 4.09. The number of aliphatic hydroxyl groups excluding tert-OH is 1. The lowest BCUT2D eigenvalue weighted by atomic mass is 9.98. The second-order valence-electron chi connectivity index (χ2n) is 8.53. The predicted octanol–water partition coefficient (Wildman–Crippen LogP) is 5.10. The van der Waals surface area contributed by atoms with Crippen LogP contribution in [0.4, 0.5) is 4.39 Å². The minimum Gasteiger partial charge on any atom is -0.481 e. The Labute approximate surface area is 198 Å². The first-order valence-electron chi connectivity index (χ1n) is 11.1. The van der Waals surface area contributed by atoms with Crippen LogP contribution in [-0.4, -0.2) is 51.5 Å². The molecule has 0 aliphatic heterocycles. The topological polar surface area (TPSA) is 102 Å². The van der Waals surface area contributed by atoms with E-state index in [4.69, 9.17) is 14.7 Å². The first-order valence-corrected chi connectivity index (χ1v) is 13.1. The van der Waals surface area contributed by atoms with Crippen molar-refractivity contribution in [1.82, 2.24) is 9.78 Å². The molecule has 2 atom stereocenters. The maximum atomic E-state index is 13.6. The Morgan fingerprint density at radius 2 is 1.79 bits per heavy atom. The van der Waals surface area contributed by atoms with Gasteiger partial charge in [0.15, 0.2) is 0 Å². The fourth-order valence-electron chi connectivity index (χ4n) is 4.04. The largest absolute Gasteiger partial charge is 0.481 e. The van der Waals surface area contributed by atoms with E-state index in [2.05, 4.69) is 0 Å². The van der Waals surface area contributed by atoms with E-state index in [0.29, 0.717) is 12.1 Å². The van der Waals surface area contributed by atoms with Crippen LogP contribution in [0.15, 0.2) is 54.6 Å². The summed E-state index contributed by atoms with van der Waals surface area (Å²) >= 11 is 0. The molecule has 1 aromatic heterocycles. The van der Waals surface area contributed by atoms with Crippen molar-refractivity contribution in [2.75, 3.05) is 19.4 Å². The average Bonchev–Trinajstić information content (AvgIpc) is 3.18. The second kappa shape index (κ2) is 11.1. The highest BCUT2D eigenvalue weighted by Gasteiger charge is 2.30. The Bertz CT molecular complexity index is 1160. The number of aromatic nitrogens is 2. The molecule has 0 aliphatic rings. The summed E-state index contributed by atoms with van der Waals surface area (Å²) in [5, 5.41) is 23.8. The number of hydrogen-bond donors (Lipinski definition) is 2. The van der Waals surface area contributed by atoms with Gasteiger partial charge in [-0.15, -0.1) is 0 Å². The van der Waals surface area contributed by atoms with Gasteiger partial charge in [0.2, 0.25) is 7.37 Å². The molecule has 0 spiro atoms. The Morgan fingerprint density at radius 1 is 1.15 bits per heavy atom. The van der Waals surface area contributed by atoms with Crippen molar-refractivity contribution in [3.63, 3.8) is 0 Å². The highest BCUT2D eigenvalue weighted by molar-refractivity contribution is 7.59. The maximum absolute atomic E-state index is 13.6. The van der Waals surface area contributed by atoms with Crippen molar-refractivity contribution in [3.05, 3.63) is 71.7 Å². The van der Waals surface area contributed by atoms with E-state index in [0.717, 1.165) is 22.5 Å². The number of halogens is 1. The molecule has 0 amide bonds. The molecule has 3 rings (SSSR count). The number of aliphatic carboxylic acids is 1. The van der Waals surface area contributed by atoms with Gasteiger partial charge in [0.1, 0.15) is 5.82 Å². The second-order valence-corrected chi connectivity index (χ2v) is 11.3. The van der Waals surface area contributed by atoms with Crippen molar-refractivity contribution in [2.45, 2.75) is 38.7 Å². The molecule has 1 heterocycles. The van der Waals surface area contributed by atoms with E-state index in [-0.39, 0.29) is 24.1 Å². The molecule has 0 bridgehead atoms. The molecule has 0 saturated heterocycles. The van der Waals surface area contributed by atoms with Gasteiger partial charge in [-0.2, -0.15) is 5.10 Å². The van der Waals surface area contributed by atoms with Crippen LogP contribution in [0.25, 0.3) is 16.9 Å². The zero-order valence-corrected chi connectivity index (χ0v) is 20.4. The van der Waals surface area contributed by atoms with Crippen LogP contribution >= 0.6 is 7.37 Å². The number of carboxylic acid groups (broad SMARTS) is 1. The van der Waals surface area contributed by atoms with Crippen molar-refractivity contribution >= 4 is 13.3 Å². The minimum atomic E-state index is -3.32. The molecule has 0 radical (unpaired) electrons. The third-order valence-corrected chi connectivity index (χ3v) is 8.17. The van der Waals surface area contributed by atoms with Crippen molar-refractivity contribution in [3.8, 4) is 16.9 Å². The molecule has 3 aromatic rings. The van der Waals surface area contributed by atoms with Crippen LogP contribution in [0.3, 0.4) is 0 Å². The van der Waals surface area contributed by atoms with Gasteiger partial charge >= 0.3 is 5.97 Å². The van der Waals surface area contributed by atoms with Crippen molar-refractivity contribution in [2.24, 2.45) is 0 Å². The Hall–Kier alpha value is -2.80. The molecule has 1 unspecified atom stereocenters. The number of hydrogen-bond acceptors (Lipinski definition) is 5. The fourth-order valence-corrected chi connectivity index (χ4v) is 5.88. The van der Waals surface area contributed by atoms with Crippen LogP contribution in [0.5, 0.6) is 0 Å². The minimum absolute atomic E-state index is 0.0661. The summed E-state index contributed by atoms with van der Waals surface area (Å²) in [6.07, 6.45) is -1.58. The molecular formula is C25H30FN2O5P.